The summed E-state index contributed by atoms with van der Waals surface area (Å²) in [6.07, 6.45) is 4.66. The van der Waals surface area contributed by atoms with Crippen LogP contribution in [0.25, 0.3) is 0 Å². The lowest BCUT2D eigenvalue weighted by molar-refractivity contribution is -0.126. The zero-order chi connectivity index (χ0) is 18.9. The van der Waals surface area contributed by atoms with Gasteiger partial charge in [0, 0.05) is 25.6 Å². The van der Waals surface area contributed by atoms with E-state index in [2.05, 4.69) is 12.2 Å². The highest BCUT2D eigenvalue weighted by atomic mass is 16.5. The SMILES string of the molecule is CCCCCNC(=O)C1CCN(C(=O)c2c(OC)cccc2OC)CC1. The number of carbonyl (C=O) groups excluding carboxylic acids is 2. The Bertz CT molecular complexity index is 588. The predicted molar refractivity (Wildman–Crippen MR) is 101 cm³/mol. The quantitative estimate of drug-likeness (QED) is 0.722. The number of nitrogens with one attached hydrogen (secondary N) is 1. The Balaban J connectivity index is 1.94. The van der Waals surface area contributed by atoms with Crippen LogP contribution in [0.3, 0.4) is 0 Å². The number of nitrogens with zero attached hydrogens (tertiary/aromatic N) is 1. The molecule has 2 amide bonds. The maximum absolute atomic E-state index is 12.9. The van der Waals surface area contributed by atoms with Gasteiger partial charge in [-0.15, -0.1) is 0 Å². The van der Waals surface area contributed by atoms with Crippen molar-refractivity contribution in [3.63, 3.8) is 0 Å². The Morgan fingerprint density at radius 3 is 2.27 bits per heavy atom. The number of ether oxygens (including phenoxy) is 2. The van der Waals surface area contributed by atoms with Crippen LogP contribution in [0, 0.1) is 5.92 Å². The van der Waals surface area contributed by atoms with Crippen LogP contribution in [-0.4, -0.2) is 50.6 Å². The summed E-state index contributed by atoms with van der Waals surface area (Å²) in [6.45, 7) is 4.01. The first-order chi connectivity index (χ1) is 12.6. The van der Waals surface area contributed by atoms with Gasteiger partial charge in [0.1, 0.15) is 17.1 Å². The Labute approximate surface area is 155 Å². The van der Waals surface area contributed by atoms with Crippen molar-refractivity contribution in [1.82, 2.24) is 10.2 Å². The number of hydrogen-bond acceptors (Lipinski definition) is 4. The van der Waals surface area contributed by atoms with E-state index >= 15 is 0 Å². The molecule has 6 heteroatoms. The topological polar surface area (TPSA) is 67.9 Å². The van der Waals surface area contributed by atoms with Gasteiger partial charge in [-0.3, -0.25) is 9.59 Å². The molecule has 0 radical (unpaired) electrons. The summed E-state index contributed by atoms with van der Waals surface area (Å²) in [5.74, 6) is 1.000. The third kappa shape index (κ3) is 4.90. The van der Waals surface area contributed by atoms with Crippen molar-refractivity contribution in [3.05, 3.63) is 23.8 Å². The fourth-order valence-electron chi connectivity index (χ4n) is 3.30. The zero-order valence-electron chi connectivity index (χ0n) is 16.0. The molecule has 144 valence electrons. The molecule has 1 aliphatic rings. The third-order valence-electron chi connectivity index (χ3n) is 4.87. The first-order valence-corrected chi connectivity index (χ1v) is 9.40. The van der Waals surface area contributed by atoms with Crippen molar-refractivity contribution in [2.75, 3.05) is 33.9 Å². The van der Waals surface area contributed by atoms with Crippen LogP contribution in [0.15, 0.2) is 18.2 Å². The highest BCUT2D eigenvalue weighted by Crippen LogP contribution is 2.31. The highest BCUT2D eigenvalue weighted by molar-refractivity contribution is 5.99. The van der Waals surface area contributed by atoms with Gasteiger partial charge in [0.05, 0.1) is 14.2 Å². The molecule has 1 aliphatic heterocycles. The van der Waals surface area contributed by atoms with E-state index < -0.39 is 0 Å². The molecule has 1 aromatic rings. The van der Waals surface area contributed by atoms with E-state index in [4.69, 9.17) is 9.47 Å². The van der Waals surface area contributed by atoms with Gasteiger partial charge in [0.15, 0.2) is 0 Å². The van der Waals surface area contributed by atoms with Gasteiger partial charge >= 0.3 is 0 Å². The van der Waals surface area contributed by atoms with Gasteiger partial charge in [0.25, 0.3) is 5.91 Å². The molecule has 6 nitrogen and oxygen atoms in total. The molecule has 26 heavy (non-hydrogen) atoms. The molecule has 2 rings (SSSR count). The monoisotopic (exact) mass is 362 g/mol. The van der Waals surface area contributed by atoms with Crippen LogP contribution >= 0.6 is 0 Å². The number of rotatable bonds is 8. The Hall–Kier alpha value is -2.24. The van der Waals surface area contributed by atoms with Crippen molar-refractivity contribution >= 4 is 11.8 Å². The smallest absolute Gasteiger partial charge is 0.261 e. The maximum Gasteiger partial charge on any atom is 0.261 e. The summed E-state index contributed by atoms with van der Waals surface area (Å²) in [6, 6.07) is 5.31. The van der Waals surface area contributed by atoms with Gasteiger partial charge in [-0.25, -0.2) is 0 Å². The second kappa shape index (κ2) is 10.0. The third-order valence-corrected chi connectivity index (χ3v) is 4.87. The number of carbonyl (C=O) groups is 2. The van der Waals surface area contributed by atoms with Gasteiger partial charge in [-0.2, -0.15) is 0 Å². The van der Waals surface area contributed by atoms with E-state index in [1.165, 1.54) is 0 Å². The van der Waals surface area contributed by atoms with E-state index in [0.29, 0.717) is 43.0 Å². The Kier molecular flexibility index (Phi) is 7.75. The summed E-state index contributed by atoms with van der Waals surface area (Å²) in [5, 5.41) is 3.02. The standard InChI is InChI=1S/C20H30N2O4/c1-4-5-6-12-21-19(23)15-10-13-22(14-11-15)20(24)18-16(25-2)8-7-9-17(18)26-3/h7-9,15H,4-6,10-14H2,1-3H3,(H,21,23). The van der Waals surface area contributed by atoms with E-state index in [9.17, 15) is 9.59 Å². The Morgan fingerprint density at radius 2 is 1.73 bits per heavy atom. The highest BCUT2D eigenvalue weighted by Gasteiger charge is 2.30. The van der Waals surface area contributed by atoms with Crippen molar-refractivity contribution in [3.8, 4) is 11.5 Å². The molecule has 1 aromatic carbocycles. The minimum atomic E-state index is -0.110. The molecule has 1 heterocycles. The van der Waals surface area contributed by atoms with Crippen LogP contribution in [0.1, 0.15) is 49.4 Å². The molecule has 0 unspecified atom stereocenters. The van der Waals surface area contributed by atoms with Crippen LogP contribution in [-0.2, 0) is 4.79 Å². The molecule has 1 saturated heterocycles. The lowest BCUT2D eigenvalue weighted by Crippen LogP contribution is -2.43. The second-order valence-corrected chi connectivity index (χ2v) is 6.60. The van der Waals surface area contributed by atoms with Crippen LogP contribution < -0.4 is 14.8 Å². The van der Waals surface area contributed by atoms with Crippen LogP contribution in [0.2, 0.25) is 0 Å². The molecule has 1 N–H and O–H groups in total. The van der Waals surface area contributed by atoms with E-state index in [1.54, 1.807) is 37.3 Å². The number of hydrogen-bond donors (Lipinski definition) is 1. The number of unbranched alkanes of at least 4 members (excludes halogenated alkanes) is 2. The molecular weight excluding hydrogens is 332 g/mol. The number of likely N-dealkylation sites (tertiary alicyclic amines) is 1. The van der Waals surface area contributed by atoms with Crippen LogP contribution in [0.4, 0.5) is 0 Å². The molecular formula is C20H30N2O4. The summed E-state index contributed by atoms with van der Waals surface area (Å²) in [5.41, 5.74) is 0.444. The fraction of sp³-hybridized carbons (Fsp3) is 0.600. The van der Waals surface area contributed by atoms with Gasteiger partial charge in [-0.1, -0.05) is 25.8 Å². The number of benzene rings is 1. The first kappa shape index (κ1) is 20.1. The molecule has 1 fully saturated rings. The zero-order valence-corrected chi connectivity index (χ0v) is 16.0. The number of methoxy groups -OCH3 is 2. The average molecular weight is 362 g/mol. The molecule has 0 spiro atoms. The van der Waals surface area contributed by atoms with Crippen molar-refractivity contribution in [2.45, 2.75) is 39.0 Å². The van der Waals surface area contributed by atoms with E-state index in [0.717, 1.165) is 25.8 Å². The summed E-state index contributed by atoms with van der Waals surface area (Å²) < 4.78 is 10.7. The molecule has 0 saturated carbocycles. The van der Waals surface area contributed by atoms with Crippen LogP contribution in [0.5, 0.6) is 11.5 Å². The van der Waals surface area contributed by atoms with Gasteiger partial charge < -0.3 is 19.7 Å². The maximum atomic E-state index is 12.9. The minimum Gasteiger partial charge on any atom is -0.496 e. The predicted octanol–water partition coefficient (Wildman–Crippen LogP) is 2.86. The summed E-state index contributed by atoms with van der Waals surface area (Å²) in [7, 11) is 3.08. The number of amides is 2. The minimum absolute atomic E-state index is 0.0137. The largest absolute Gasteiger partial charge is 0.496 e. The summed E-state index contributed by atoms with van der Waals surface area (Å²) >= 11 is 0. The average Bonchev–Trinajstić information content (AvgIpc) is 2.69. The fourth-order valence-corrected chi connectivity index (χ4v) is 3.30. The molecule has 0 aliphatic carbocycles. The lowest BCUT2D eigenvalue weighted by atomic mass is 9.95. The molecule has 0 bridgehead atoms. The van der Waals surface area contributed by atoms with Crippen molar-refractivity contribution < 1.29 is 19.1 Å². The van der Waals surface area contributed by atoms with Gasteiger partial charge in [-0.05, 0) is 31.4 Å². The van der Waals surface area contributed by atoms with Crippen molar-refractivity contribution in [2.24, 2.45) is 5.92 Å². The van der Waals surface area contributed by atoms with Crippen molar-refractivity contribution in [1.29, 1.82) is 0 Å². The molecule has 0 atom stereocenters. The second-order valence-electron chi connectivity index (χ2n) is 6.60. The van der Waals surface area contributed by atoms with E-state index in [1.807, 2.05) is 0 Å². The van der Waals surface area contributed by atoms with Gasteiger partial charge in [0.2, 0.25) is 5.91 Å². The molecule has 0 aromatic heterocycles. The first-order valence-electron chi connectivity index (χ1n) is 9.40. The summed E-state index contributed by atoms with van der Waals surface area (Å²) in [4.78, 5) is 27.0. The van der Waals surface area contributed by atoms with E-state index in [-0.39, 0.29) is 17.7 Å². The normalized spacial score (nSPS) is 14.8. The lowest BCUT2D eigenvalue weighted by Gasteiger charge is -2.32. The number of piperidine rings is 1. The Morgan fingerprint density at radius 1 is 1.12 bits per heavy atom.